The molecule has 0 saturated heterocycles. The monoisotopic (exact) mass is 233 g/mol. The number of amides is 1. The zero-order chi connectivity index (χ0) is 12.7. The van der Waals surface area contributed by atoms with Gasteiger partial charge in [0.25, 0.3) is 0 Å². The third kappa shape index (κ3) is 3.94. The van der Waals surface area contributed by atoms with Gasteiger partial charge in [0.05, 0.1) is 6.42 Å². The Hall–Kier alpha value is -1.77. The summed E-state index contributed by atoms with van der Waals surface area (Å²) in [6.07, 6.45) is 2.87. The molecule has 1 aromatic rings. The van der Waals surface area contributed by atoms with Crippen LogP contribution in [0.25, 0.3) is 0 Å². The number of hydrogen-bond acceptors (Lipinski definition) is 2. The standard InChI is InChI=1S/C14H19NO2/c1-3-9-15(10-4-2)14(17)11-12-7-5-6-8-13(12)16/h3,5-8,16H,1,4,9-11H2,2H3. The molecular formula is C14H19NO2. The maximum Gasteiger partial charge on any atom is 0.227 e. The van der Waals surface area contributed by atoms with Gasteiger partial charge in [-0.2, -0.15) is 0 Å². The molecule has 0 fully saturated rings. The quantitative estimate of drug-likeness (QED) is 0.766. The normalized spacial score (nSPS) is 9.94. The molecule has 1 rings (SSSR count). The van der Waals surface area contributed by atoms with E-state index in [9.17, 15) is 9.90 Å². The van der Waals surface area contributed by atoms with Crippen molar-refractivity contribution >= 4 is 5.91 Å². The largest absolute Gasteiger partial charge is 0.508 e. The highest BCUT2D eigenvalue weighted by Gasteiger charge is 2.13. The number of carbonyl (C=O) groups is 1. The number of phenols is 1. The molecule has 0 atom stereocenters. The Balaban J connectivity index is 2.69. The molecule has 1 amide bonds. The van der Waals surface area contributed by atoms with Crippen LogP contribution in [0.3, 0.4) is 0 Å². The molecular weight excluding hydrogens is 214 g/mol. The first kappa shape index (κ1) is 13.3. The third-order valence-electron chi connectivity index (χ3n) is 2.53. The first-order valence-electron chi connectivity index (χ1n) is 5.84. The maximum absolute atomic E-state index is 12.0. The first-order chi connectivity index (χ1) is 8.19. The predicted molar refractivity (Wildman–Crippen MR) is 68.9 cm³/mol. The van der Waals surface area contributed by atoms with Crippen LogP contribution in [0.15, 0.2) is 36.9 Å². The van der Waals surface area contributed by atoms with Crippen LogP contribution in [0, 0.1) is 0 Å². The highest BCUT2D eigenvalue weighted by atomic mass is 16.3. The third-order valence-corrected chi connectivity index (χ3v) is 2.53. The van der Waals surface area contributed by atoms with Gasteiger partial charge in [-0.3, -0.25) is 4.79 Å². The van der Waals surface area contributed by atoms with Crippen molar-refractivity contribution in [2.45, 2.75) is 19.8 Å². The van der Waals surface area contributed by atoms with Crippen LogP contribution in [0.2, 0.25) is 0 Å². The summed E-state index contributed by atoms with van der Waals surface area (Å²) in [6.45, 7) is 6.95. The number of para-hydroxylation sites is 1. The lowest BCUT2D eigenvalue weighted by molar-refractivity contribution is -0.130. The van der Waals surface area contributed by atoms with E-state index < -0.39 is 0 Å². The van der Waals surface area contributed by atoms with Crippen molar-refractivity contribution in [3.8, 4) is 5.75 Å². The van der Waals surface area contributed by atoms with Gasteiger partial charge in [-0.1, -0.05) is 31.2 Å². The molecule has 0 spiro atoms. The number of rotatable bonds is 6. The van der Waals surface area contributed by atoms with E-state index in [1.54, 1.807) is 29.2 Å². The van der Waals surface area contributed by atoms with Crippen LogP contribution in [-0.4, -0.2) is 29.0 Å². The summed E-state index contributed by atoms with van der Waals surface area (Å²) >= 11 is 0. The van der Waals surface area contributed by atoms with Gasteiger partial charge in [-0.15, -0.1) is 6.58 Å². The van der Waals surface area contributed by atoms with Crippen molar-refractivity contribution in [1.82, 2.24) is 4.90 Å². The van der Waals surface area contributed by atoms with E-state index in [0.29, 0.717) is 12.1 Å². The number of phenolic OH excluding ortho intramolecular Hbond substituents is 1. The van der Waals surface area contributed by atoms with Crippen LogP contribution in [0.4, 0.5) is 0 Å². The van der Waals surface area contributed by atoms with Crippen LogP contribution in [-0.2, 0) is 11.2 Å². The van der Waals surface area contributed by atoms with Crippen molar-refractivity contribution in [3.63, 3.8) is 0 Å². The number of aromatic hydroxyl groups is 1. The molecule has 3 nitrogen and oxygen atoms in total. The second kappa shape index (κ2) is 6.74. The minimum absolute atomic E-state index is 0.0215. The Morgan fingerprint density at radius 2 is 2.18 bits per heavy atom. The molecule has 0 heterocycles. The van der Waals surface area contributed by atoms with Crippen LogP contribution < -0.4 is 0 Å². The lowest BCUT2D eigenvalue weighted by Crippen LogP contribution is -2.33. The van der Waals surface area contributed by atoms with Crippen molar-refractivity contribution in [3.05, 3.63) is 42.5 Å². The molecule has 92 valence electrons. The van der Waals surface area contributed by atoms with Gasteiger partial charge in [0, 0.05) is 18.7 Å². The lowest BCUT2D eigenvalue weighted by Gasteiger charge is -2.20. The molecule has 1 aromatic carbocycles. The zero-order valence-electron chi connectivity index (χ0n) is 10.2. The van der Waals surface area contributed by atoms with Crippen LogP contribution in [0.5, 0.6) is 5.75 Å². The fraction of sp³-hybridized carbons (Fsp3) is 0.357. The number of benzene rings is 1. The summed E-state index contributed by atoms with van der Waals surface area (Å²) in [4.78, 5) is 13.8. The smallest absolute Gasteiger partial charge is 0.227 e. The second-order valence-electron chi connectivity index (χ2n) is 3.93. The van der Waals surface area contributed by atoms with Crippen molar-refractivity contribution in [1.29, 1.82) is 0 Å². The Bertz CT molecular complexity index is 388. The molecule has 1 N–H and O–H groups in total. The van der Waals surface area contributed by atoms with E-state index in [1.807, 2.05) is 13.0 Å². The Labute approximate surface area is 102 Å². The summed E-state index contributed by atoms with van der Waals surface area (Å²) in [7, 11) is 0. The number of carbonyl (C=O) groups excluding carboxylic acids is 1. The lowest BCUT2D eigenvalue weighted by atomic mass is 10.1. The van der Waals surface area contributed by atoms with Crippen molar-refractivity contribution in [2.75, 3.05) is 13.1 Å². The Morgan fingerprint density at radius 3 is 2.76 bits per heavy atom. The molecule has 0 bridgehead atoms. The number of nitrogens with zero attached hydrogens (tertiary/aromatic N) is 1. The Kier molecular flexibility index (Phi) is 5.27. The average Bonchev–Trinajstić information content (AvgIpc) is 2.32. The van der Waals surface area contributed by atoms with E-state index in [-0.39, 0.29) is 18.1 Å². The predicted octanol–water partition coefficient (Wildman–Crippen LogP) is 2.36. The molecule has 0 unspecified atom stereocenters. The van der Waals surface area contributed by atoms with Gasteiger partial charge in [0.2, 0.25) is 5.91 Å². The van der Waals surface area contributed by atoms with E-state index in [4.69, 9.17) is 0 Å². The van der Waals surface area contributed by atoms with Crippen molar-refractivity contribution < 1.29 is 9.90 Å². The molecule has 0 aromatic heterocycles. The fourth-order valence-corrected chi connectivity index (χ4v) is 1.68. The summed E-state index contributed by atoms with van der Waals surface area (Å²) < 4.78 is 0. The topological polar surface area (TPSA) is 40.5 Å². The van der Waals surface area contributed by atoms with E-state index in [1.165, 1.54) is 0 Å². The van der Waals surface area contributed by atoms with Gasteiger partial charge < -0.3 is 10.0 Å². The van der Waals surface area contributed by atoms with Crippen LogP contribution >= 0.6 is 0 Å². The van der Waals surface area contributed by atoms with E-state index >= 15 is 0 Å². The molecule has 3 heteroatoms. The summed E-state index contributed by atoms with van der Waals surface area (Å²) in [5.74, 6) is 0.198. The van der Waals surface area contributed by atoms with E-state index in [2.05, 4.69) is 6.58 Å². The van der Waals surface area contributed by atoms with Crippen molar-refractivity contribution in [2.24, 2.45) is 0 Å². The van der Waals surface area contributed by atoms with Gasteiger partial charge in [0.15, 0.2) is 0 Å². The molecule has 0 aliphatic carbocycles. The number of hydrogen-bond donors (Lipinski definition) is 1. The van der Waals surface area contributed by atoms with Crippen LogP contribution in [0.1, 0.15) is 18.9 Å². The van der Waals surface area contributed by atoms with E-state index in [0.717, 1.165) is 13.0 Å². The van der Waals surface area contributed by atoms with Gasteiger partial charge >= 0.3 is 0 Å². The SMILES string of the molecule is C=CCN(CCC)C(=O)Cc1ccccc1O. The minimum Gasteiger partial charge on any atom is -0.508 e. The zero-order valence-corrected chi connectivity index (χ0v) is 10.2. The minimum atomic E-state index is 0.0215. The summed E-state index contributed by atoms with van der Waals surface area (Å²) in [5, 5.41) is 9.61. The average molecular weight is 233 g/mol. The van der Waals surface area contributed by atoms with Gasteiger partial charge in [0.1, 0.15) is 5.75 Å². The molecule has 0 saturated carbocycles. The Morgan fingerprint density at radius 1 is 1.47 bits per heavy atom. The van der Waals surface area contributed by atoms with Gasteiger partial charge in [-0.05, 0) is 12.5 Å². The highest BCUT2D eigenvalue weighted by Crippen LogP contribution is 2.16. The molecule has 0 aliphatic rings. The first-order valence-corrected chi connectivity index (χ1v) is 5.84. The second-order valence-corrected chi connectivity index (χ2v) is 3.93. The molecule has 0 radical (unpaired) electrons. The highest BCUT2D eigenvalue weighted by molar-refractivity contribution is 5.79. The maximum atomic E-state index is 12.0. The summed E-state index contributed by atoms with van der Waals surface area (Å²) in [5.41, 5.74) is 0.669. The summed E-state index contributed by atoms with van der Waals surface area (Å²) in [6, 6.07) is 6.93. The fourth-order valence-electron chi connectivity index (χ4n) is 1.68. The van der Waals surface area contributed by atoms with Gasteiger partial charge in [-0.25, -0.2) is 0 Å². The molecule has 17 heavy (non-hydrogen) atoms. The molecule has 0 aliphatic heterocycles.